The molecule has 132 valence electrons. The zero-order valence-corrected chi connectivity index (χ0v) is 17.1. The summed E-state index contributed by atoms with van der Waals surface area (Å²) in [4.78, 5) is 6.87. The number of aromatic nitrogens is 2. The summed E-state index contributed by atoms with van der Waals surface area (Å²) in [6.07, 6.45) is 7.29. The van der Waals surface area contributed by atoms with Crippen LogP contribution in [0, 0.1) is 0 Å². The van der Waals surface area contributed by atoms with Gasteiger partial charge in [-0.1, -0.05) is 0 Å². The molecule has 2 heterocycles. The molecule has 0 radical (unpaired) electrons. The first-order valence-electron chi connectivity index (χ1n) is 8.27. The van der Waals surface area contributed by atoms with Crippen LogP contribution in [0.15, 0.2) is 17.4 Å². The fourth-order valence-electron chi connectivity index (χ4n) is 2.87. The minimum absolute atomic E-state index is 0. The fourth-order valence-corrected chi connectivity index (χ4v) is 2.87. The zero-order valence-electron chi connectivity index (χ0n) is 14.7. The Morgan fingerprint density at radius 2 is 2.09 bits per heavy atom. The van der Waals surface area contributed by atoms with E-state index < -0.39 is 0 Å². The molecule has 1 saturated heterocycles. The first-order chi connectivity index (χ1) is 10.6. The fraction of sp³-hybridized carbons (Fsp3) is 0.750. The third kappa shape index (κ3) is 6.66. The Morgan fingerprint density at radius 3 is 2.61 bits per heavy atom. The van der Waals surface area contributed by atoms with Crippen LogP contribution in [0.4, 0.5) is 0 Å². The Morgan fingerprint density at radius 1 is 1.39 bits per heavy atom. The van der Waals surface area contributed by atoms with E-state index in [1.54, 1.807) is 0 Å². The minimum Gasteiger partial charge on any atom is -0.356 e. The highest BCUT2D eigenvalue weighted by Crippen LogP contribution is 2.12. The van der Waals surface area contributed by atoms with Gasteiger partial charge >= 0.3 is 0 Å². The molecular formula is C16H31IN6. The average Bonchev–Trinajstić information content (AvgIpc) is 2.92. The number of aryl methyl sites for hydroxylation is 1. The van der Waals surface area contributed by atoms with Crippen LogP contribution in [0.1, 0.15) is 32.3 Å². The van der Waals surface area contributed by atoms with Crippen LogP contribution >= 0.6 is 24.0 Å². The highest BCUT2D eigenvalue weighted by Gasteiger charge is 2.21. The number of hydrogen-bond donors (Lipinski definition) is 2. The van der Waals surface area contributed by atoms with Crippen LogP contribution in [0.2, 0.25) is 0 Å². The molecule has 1 aliphatic rings. The summed E-state index contributed by atoms with van der Waals surface area (Å²) in [7, 11) is 3.78. The van der Waals surface area contributed by atoms with Gasteiger partial charge in [0, 0.05) is 52.0 Å². The first-order valence-corrected chi connectivity index (χ1v) is 8.27. The largest absolute Gasteiger partial charge is 0.356 e. The summed E-state index contributed by atoms with van der Waals surface area (Å²) in [5, 5.41) is 11.1. The van der Waals surface area contributed by atoms with E-state index in [1.165, 1.54) is 31.5 Å². The van der Waals surface area contributed by atoms with Crippen LogP contribution < -0.4 is 10.6 Å². The van der Waals surface area contributed by atoms with Crippen molar-refractivity contribution in [2.24, 2.45) is 12.0 Å². The molecular weight excluding hydrogens is 403 g/mol. The number of hydrogen-bond acceptors (Lipinski definition) is 3. The van der Waals surface area contributed by atoms with Crippen LogP contribution in [-0.2, 0) is 13.5 Å². The van der Waals surface area contributed by atoms with Crippen molar-refractivity contribution in [1.82, 2.24) is 25.3 Å². The van der Waals surface area contributed by atoms with Gasteiger partial charge in [-0.2, -0.15) is 5.10 Å². The van der Waals surface area contributed by atoms with Crippen LogP contribution in [-0.4, -0.2) is 59.4 Å². The Hall–Kier alpha value is -0.830. The Balaban J connectivity index is 0.00000264. The summed E-state index contributed by atoms with van der Waals surface area (Å²) >= 11 is 0. The maximum Gasteiger partial charge on any atom is 0.191 e. The summed E-state index contributed by atoms with van der Waals surface area (Å²) in [5.74, 6) is 0.909. The van der Waals surface area contributed by atoms with Crippen LogP contribution in [0.3, 0.4) is 0 Å². The topological polar surface area (TPSA) is 57.5 Å². The molecule has 0 aliphatic carbocycles. The molecule has 0 spiro atoms. The van der Waals surface area contributed by atoms with Crippen molar-refractivity contribution in [2.45, 2.75) is 45.2 Å². The minimum atomic E-state index is 0. The predicted octanol–water partition coefficient (Wildman–Crippen LogP) is 1.62. The molecule has 1 aromatic heterocycles. The Labute approximate surface area is 157 Å². The van der Waals surface area contributed by atoms with Crippen molar-refractivity contribution in [2.75, 3.05) is 26.7 Å². The van der Waals surface area contributed by atoms with E-state index in [1.807, 2.05) is 25.0 Å². The number of nitrogens with zero attached hydrogens (tertiary/aromatic N) is 4. The van der Waals surface area contributed by atoms with Crippen molar-refractivity contribution >= 4 is 29.9 Å². The van der Waals surface area contributed by atoms with E-state index in [-0.39, 0.29) is 24.0 Å². The number of guanidine groups is 1. The number of halogens is 1. The smallest absolute Gasteiger partial charge is 0.191 e. The number of aliphatic imine (C=N–C) groups is 1. The molecule has 1 aromatic rings. The van der Waals surface area contributed by atoms with Crippen molar-refractivity contribution < 1.29 is 0 Å². The summed E-state index contributed by atoms with van der Waals surface area (Å²) in [6, 6.07) is 1.18. The van der Waals surface area contributed by atoms with E-state index >= 15 is 0 Å². The first kappa shape index (κ1) is 20.2. The van der Waals surface area contributed by atoms with Gasteiger partial charge in [0.05, 0.1) is 6.20 Å². The monoisotopic (exact) mass is 434 g/mol. The van der Waals surface area contributed by atoms with Crippen LogP contribution in [0.25, 0.3) is 0 Å². The second-order valence-corrected chi connectivity index (χ2v) is 6.32. The lowest BCUT2D eigenvalue weighted by atomic mass is 10.0. The van der Waals surface area contributed by atoms with E-state index in [0.717, 1.165) is 18.9 Å². The second kappa shape index (κ2) is 10.1. The van der Waals surface area contributed by atoms with Gasteiger partial charge in [-0.05, 0) is 38.7 Å². The molecule has 0 saturated carbocycles. The lowest BCUT2D eigenvalue weighted by molar-refractivity contribution is 0.167. The normalized spacial score (nSPS) is 17.2. The summed E-state index contributed by atoms with van der Waals surface area (Å²) in [5.41, 5.74) is 1.25. The lowest BCUT2D eigenvalue weighted by Crippen LogP contribution is -2.50. The molecule has 23 heavy (non-hydrogen) atoms. The third-order valence-corrected chi connectivity index (χ3v) is 4.29. The highest BCUT2D eigenvalue weighted by atomic mass is 127. The Kier molecular flexibility index (Phi) is 8.90. The predicted molar refractivity (Wildman–Crippen MR) is 107 cm³/mol. The average molecular weight is 434 g/mol. The van der Waals surface area contributed by atoms with Gasteiger partial charge in [0.2, 0.25) is 0 Å². The van der Waals surface area contributed by atoms with Crippen molar-refractivity contribution in [1.29, 1.82) is 0 Å². The quantitative estimate of drug-likeness (QED) is 0.420. The van der Waals surface area contributed by atoms with Gasteiger partial charge in [-0.3, -0.25) is 9.67 Å². The van der Waals surface area contributed by atoms with Crippen molar-refractivity contribution in [3.05, 3.63) is 18.0 Å². The number of likely N-dealkylation sites (tertiary alicyclic amines) is 1. The number of piperidine rings is 1. The van der Waals surface area contributed by atoms with Gasteiger partial charge in [0.15, 0.2) is 5.96 Å². The number of rotatable bonds is 5. The molecule has 0 bridgehead atoms. The van der Waals surface area contributed by atoms with Crippen LogP contribution in [0.5, 0.6) is 0 Å². The van der Waals surface area contributed by atoms with E-state index in [0.29, 0.717) is 12.1 Å². The third-order valence-electron chi connectivity index (χ3n) is 4.29. The van der Waals surface area contributed by atoms with E-state index in [2.05, 4.69) is 45.7 Å². The maximum absolute atomic E-state index is 4.33. The molecule has 0 atom stereocenters. The standard InChI is InChI=1S/C16H30N6.HI/c1-13(2)22-9-6-15(7-10-22)20-16(17-3)18-8-5-14-11-19-21(4)12-14;/h11-13,15H,5-10H2,1-4H3,(H2,17,18,20);1H. The van der Waals surface area contributed by atoms with Gasteiger partial charge in [-0.25, -0.2) is 0 Å². The summed E-state index contributed by atoms with van der Waals surface area (Å²) < 4.78 is 1.84. The molecule has 0 aromatic carbocycles. The molecule has 0 amide bonds. The van der Waals surface area contributed by atoms with Gasteiger partial charge in [0.25, 0.3) is 0 Å². The number of nitrogens with one attached hydrogen (secondary N) is 2. The van der Waals surface area contributed by atoms with Crippen molar-refractivity contribution in [3.63, 3.8) is 0 Å². The highest BCUT2D eigenvalue weighted by molar-refractivity contribution is 14.0. The molecule has 0 unspecified atom stereocenters. The van der Waals surface area contributed by atoms with Gasteiger partial charge in [-0.15, -0.1) is 24.0 Å². The molecule has 1 fully saturated rings. The van der Waals surface area contributed by atoms with E-state index in [9.17, 15) is 0 Å². The van der Waals surface area contributed by atoms with Gasteiger partial charge in [0.1, 0.15) is 0 Å². The summed E-state index contributed by atoms with van der Waals surface area (Å²) in [6.45, 7) is 7.75. The lowest BCUT2D eigenvalue weighted by Gasteiger charge is -2.35. The second-order valence-electron chi connectivity index (χ2n) is 6.32. The SMILES string of the molecule is CN=C(NCCc1cnn(C)c1)NC1CCN(C(C)C)CC1.I. The molecule has 7 heteroatoms. The molecule has 2 rings (SSSR count). The zero-order chi connectivity index (χ0) is 15.9. The Bertz CT molecular complexity index is 477. The maximum atomic E-state index is 4.33. The molecule has 6 nitrogen and oxygen atoms in total. The molecule has 2 N–H and O–H groups in total. The van der Waals surface area contributed by atoms with Gasteiger partial charge < -0.3 is 15.5 Å². The van der Waals surface area contributed by atoms with Crippen molar-refractivity contribution in [3.8, 4) is 0 Å². The van der Waals surface area contributed by atoms with E-state index in [4.69, 9.17) is 0 Å². The molecule has 1 aliphatic heterocycles.